The zero-order chi connectivity index (χ0) is 14.8. The number of sulfone groups is 1. The zero-order valence-corrected chi connectivity index (χ0v) is 12.4. The first kappa shape index (κ1) is 14.8. The van der Waals surface area contributed by atoms with Crippen LogP contribution in [-0.2, 0) is 14.6 Å². The molecule has 1 saturated carbocycles. The molecule has 20 heavy (non-hydrogen) atoms. The molecule has 3 N–H and O–H groups in total. The molecule has 0 aliphatic heterocycles. The highest BCUT2D eigenvalue weighted by Crippen LogP contribution is 2.22. The molecule has 0 spiro atoms. The Hall–Kier alpha value is -1.56. The van der Waals surface area contributed by atoms with Crippen LogP contribution in [0.15, 0.2) is 23.1 Å². The number of anilines is 1. The van der Waals surface area contributed by atoms with Crippen LogP contribution in [0.1, 0.15) is 31.2 Å². The van der Waals surface area contributed by atoms with Crippen LogP contribution in [0.5, 0.6) is 0 Å². The third-order valence-corrected chi connectivity index (χ3v) is 5.46. The highest BCUT2D eigenvalue weighted by Gasteiger charge is 2.24. The van der Waals surface area contributed by atoms with E-state index < -0.39 is 21.5 Å². The standard InChI is InChI=1S/C14H20N2O3S/c1-10-12(15)7-4-8-13(10)20(18,19)9-14(17)16-11-5-2-3-6-11/h4,7-8,11H,2-3,5-6,9,15H2,1H3,(H,16,17). The lowest BCUT2D eigenvalue weighted by molar-refractivity contribution is -0.119. The molecule has 0 unspecified atom stereocenters. The second-order valence-electron chi connectivity index (χ2n) is 5.28. The van der Waals surface area contributed by atoms with Crippen molar-refractivity contribution < 1.29 is 13.2 Å². The van der Waals surface area contributed by atoms with Crippen LogP contribution in [0.25, 0.3) is 0 Å². The summed E-state index contributed by atoms with van der Waals surface area (Å²) in [5, 5.41) is 2.79. The van der Waals surface area contributed by atoms with E-state index in [4.69, 9.17) is 5.73 Å². The molecule has 2 rings (SSSR count). The lowest BCUT2D eigenvalue weighted by Crippen LogP contribution is -2.37. The van der Waals surface area contributed by atoms with E-state index in [1.165, 1.54) is 6.07 Å². The lowest BCUT2D eigenvalue weighted by atomic mass is 10.2. The molecule has 0 heterocycles. The molecule has 1 aliphatic rings. The van der Waals surface area contributed by atoms with E-state index in [0.717, 1.165) is 25.7 Å². The van der Waals surface area contributed by atoms with E-state index in [1.54, 1.807) is 19.1 Å². The Bertz CT molecular complexity index is 605. The third-order valence-electron chi connectivity index (χ3n) is 3.70. The Morgan fingerprint density at radius 3 is 2.65 bits per heavy atom. The van der Waals surface area contributed by atoms with Crippen molar-refractivity contribution in [2.45, 2.75) is 43.5 Å². The number of hydrogen-bond acceptors (Lipinski definition) is 4. The zero-order valence-electron chi connectivity index (χ0n) is 11.6. The van der Waals surface area contributed by atoms with Gasteiger partial charge in [0.25, 0.3) is 0 Å². The molecule has 6 heteroatoms. The van der Waals surface area contributed by atoms with Crippen LogP contribution in [0.4, 0.5) is 5.69 Å². The van der Waals surface area contributed by atoms with Crippen molar-refractivity contribution in [3.63, 3.8) is 0 Å². The molecule has 1 aromatic rings. The van der Waals surface area contributed by atoms with Crippen molar-refractivity contribution in [3.05, 3.63) is 23.8 Å². The minimum absolute atomic E-state index is 0.125. The highest BCUT2D eigenvalue weighted by molar-refractivity contribution is 7.92. The summed E-state index contributed by atoms with van der Waals surface area (Å²) < 4.78 is 24.5. The molecule has 5 nitrogen and oxygen atoms in total. The second-order valence-corrected chi connectivity index (χ2v) is 7.24. The maximum atomic E-state index is 12.3. The lowest BCUT2D eigenvalue weighted by Gasteiger charge is -2.13. The number of amides is 1. The minimum atomic E-state index is -3.65. The number of carbonyl (C=O) groups excluding carboxylic acids is 1. The number of nitrogens with two attached hydrogens (primary N) is 1. The van der Waals surface area contributed by atoms with E-state index >= 15 is 0 Å². The van der Waals surface area contributed by atoms with Crippen molar-refractivity contribution in [2.24, 2.45) is 0 Å². The van der Waals surface area contributed by atoms with Gasteiger partial charge in [-0.25, -0.2) is 8.42 Å². The Morgan fingerprint density at radius 2 is 2.00 bits per heavy atom. The van der Waals surface area contributed by atoms with Gasteiger partial charge in [0.2, 0.25) is 5.91 Å². The van der Waals surface area contributed by atoms with Crippen LogP contribution < -0.4 is 11.1 Å². The summed E-state index contributed by atoms with van der Waals surface area (Å²) in [6, 6.07) is 4.85. The first-order chi connectivity index (χ1) is 9.40. The largest absolute Gasteiger partial charge is 0.398 e. The number of carbonyl (C=O) groups is 1. The summed E-state index contributed by atoms with van der Waals surface area (Å²) in [5.74, 6) is -0.952. The van der Waals surface area contributed by atoms with E-state index in [9.17, 15) is 13.2 Å². The molecule has 1 amide bonds. The number of rotatable bonds is 4. The van der Waals surface area contributed by atoms with Gasteiger partial charge in [0, 0.05) is 11.7 Å². The Labute approximate surface area is 119 Å². The van der Waals surface area contributed by atoms with E-state index in [1.807, 2.05) is 0 Å². The van der Waals surface area contributed by atoms with E-state index in [2.05, 4.69) is 5.32 Å². The highest BCUT2D eigenvalue weighted by atomic mass is 32.2. The monoisotopic (exact) mass is 296 g/mol. The fourth-order valence-electron chi connectivity index (χ4n) is 2.56. The summed E-state index contributed by atoms with van der Waals surface area (Å²) in [7, 11) is -3.65. The van der Waals surface area contributed by atoms with Crippen molar-refractivity contribution in [3.8, 4) is 0 Å². The van der Waals surface area contributed by atoms with Gasteiger partial charge in [-0.15, -0.1) is 0 Å². The van der Waals surface area contributed by atoms with Crippen LogP contribution in [0.3, 0.4) is 0 Å². The molecule has 1 fully saturated rings. The first-order valence-corrected chi connectivity index (χ1v) is 8.42. The summed E-state index contributed by atoms with van der Waals surface area (Å²) in [6.07, 6.45) is 4.05. The van der Waals surface area contributed by atoms with Gasteiger partial charge in [-0.3, -0.25) is 4.79 Å². The van der Waals surface area contributed by atoms with E-state index in [-0.39, 0.29) is 10.9 Å². The van der Waals surface area contributed by atoms with Gasteiger partial charge in [-0.1, -0.05) is 18.9 Å². The molecule has 1 aromatic carbocycles. The van der Waals surface area contributed by atoms with Crippen molar-refractivity contribution in [1.82, 2.24) is 5.32 Å². The van der Waals surface area contributed by atoms with Gasteiger partial charge in [0.1, 0.15) is 5.75 Å². The van der Waals surface area contributed by atoms with Crippen LogP contribution in [0.2, 0.25) is 0 Å². The molecular weight excluding hydrogens is 276 g/mol. The predicted molar refractivity (Wildman–Crippen MR) is 78.0 cm³/mol. The van der Waals surface area contributed by atoms with Crippen molar-refractivity contribution in [2.75, 3.05) is 11.5 Å². The Morgan fingerprint density at radius 1 is 1.35 bits per heavy atom. The summed E-state index contributed by atoms with van der Waals surface area (Å²) in [5.41, 5.74) is 6.64. The molecule has 0 radical (unpaired) electrons. The fraction of sp³-hybridized carbons (Fsp3) is 0.500. The molecule has 1 aliphatic carbocycles. The molecule has 0 atom stereocenters. The van der Waals surface area contributed by atoms with Gasteiger partial charge in [0.05, 0.1) is 4.90 Å². The summed E-state index contributed by atoms with van der Waals surface area (Å²) >= 11 is 0. The van der Waals surface area contributed by atoms with Crippen LogP contribution >= 0.6 is 0 Å². The molecule has 0 aromatic heterocycles. The number of benzene rings is 1. The molecular formula is C14H20N2O3S. The molecule has 0 bridgehead atoms. The quantitative estimate of drug-likeness (QED) is 0.822. The first-order valence-electron chi connectivity index (χ1n) is 6.77. The van der Waals surface area contributed by atoms with Crippen molar-refractivity contribution >= 4 is 21.4 Å². The van der Waals surface area contributed by atoms with E-state index in [0.29, 0.717) is 11.3 Å². The number of hydrogen-bond donors (Lipinski definition) is 2. The topological polar surface area (TPSA) is 89.3 Å². The SMILES string of the molecule is Cc1c(N)cccc1S(=O)(=O)CC(=O)NC1CCCC1. The number of nitrogens with one attached hydrogen (secondary N) is 1. The Kier molecular flexibility index (Phi) is 4.32. The van der Waals surface area contributed by atoms with Gasteiger partial charge in [-0.2, -0.15) is 0 Å². The average molecular weight is 296 g/mol. The smallest absolute Gasteiger partial charge is 0.235 e. The number of nitrogen functional groups attached to an aromatic ring is 1. The Balaban J connectivity index is 2.10. The average Bonchev–Trinajstić information content (AvgIpc) is 2.84. The van der Waals surface area contributed by atoms with Gasteiger partial charge >= 0.3 is 0 Å². The van der Waals surface area contributed by atoms with Crippen LogP contribution in [-0.4, -0.2) is 26.1 Å². The third kappa shape index (κ3) is 3.30. The fourth-order valence-corrected chi connectivity index (χ4v) is 4.01. The van der Waals surface area contributed by atoms with Gasteiger partial charge in [-0.05, 0) is 37.5 Å². The van der Waals surface area contributed by atoms with Gasteiger partial charge in [0.15, 0.2) is 9.84 Å². The minimum Gasteiger partial charge on any atom is -0.398 e. The second kappa shape index (κ2) is 5.83. The maximum Gasteiger partial charge on any atom is 0.235 e. The summed E-state index contributed by atoms with van der Waals surface area (Å²) in [6.45, 7) is 1.65. The molecule has 110 valence electrons. The maximum absolute atomic E-state index is 12.3. The van der Waals surface area contributed by atoms with Crippen molar-refractivity contribution in [1.29, 1.82) is 0 Å². The normalized spacial score (nSPS) is 16.2. The van der Waals surface area contributed by atoms with Gasteiger partial charge < -0.3 is 11.1 Å². The van der Waals surface area contributed by atoms with Crippen LogP contribution in [0, 0.1) is 6.92 Å². The molecule has 0 saturated heterocycles. The predicted octanol–water partition coefficient (Wildman–Crippen LogP) is 1.41. The summed E-state index contributed by atoms with van der Waals surface area (Å²) in [4.78, 5) is 12.0.